The van der Waals surface area contributed by atoms with Gasteiger partial charge in [-0.1, -0.05) is 55.5 Å². The lowest BCUT2D eigenvalue weighted by Crippen LogP contribution is -2.39. The molecule has 0 bridgehead atoms. The minimum absolute atomic E-state index is 0.0455. The highest BCUT2D eigenvalue weighted by Gasteiger charge is 2.22. The van der Waals surface area contributed by atoms with E-state index >= 15 is 0 Å². The molecule has 0 aliphatic carbocycles. The summed E-state index contributed by atoms with van der Waals surface area (Å²) in [5, 5.41) is 14.1. The van der Waals surface area contributed by atoms with Crippen molar-refractivity contribution in [1.82, 2.24) is 10.3 Å². The van der Waals surface area contributed by atoms with Crippen LogP contribution in [0.5, 0.6) is 0 Å². The molecule has 150 valence electrons. The number of pyridine rings is 1. The number of nitrogens with one attached hydrogen (secondary N) is 1. The second-order valence-corrected chi connectivity index (χ2v) is 7.63. The lowest BCUT2D eigenvalue weighted by molar-refractivity contribution is 0.0937. The van der Waals surface area contributed by atoms with Crippen molar-refractivity contribution in [1.29, 1.82) is 0 Å². The topological polar surface area (TPSA) is 65.5 Å². The highest BCUT2D eigenvalue weighted by molar-refractivity contribution is 6.07. The summed E-state index contributed by atoms with van der Waals surface area (Å²) in [7, 11) is 0. The van der Waals surface area contributed by atoms with E-state index in [-0.39, 0.29) is 18.1 Å². The first-order valence-corrected chi connectivity index (χ1v) is 10.3. The zero-order valence-electron chi connectivity index (χ0n) is 16.7. The second-order valence-electron chi connectivity index (χ2n) is 7.63. The Balaban J connectivity index is 1.68. The van der Waals surface area contributed by atoms with Gasteiger partial charge in [0.2, 0.25) is 0 Å². The van der Waals surface area contributed by atoms with E-state index in [4.69, 9.17) is 4.98 Å². The molecule has 0 spiro atoms. The highest BCUT2D eigenvalue weighted by atomic mass is 16.3. The molecule has 5 heteroatoms. The van der Waals surface area contributed by atoms with E-state index in [9.17, 15) is 9.90 Å². The van der Waals surface area contributed by atoms with Crippen LogP contribution in [0.1, 0.15) is 48.1 Å². The van der Waals surface area contributed by atoms with Crippen LogP contribution in [-0.4, -0.2) is 35.2 Å². The summed E-state index contributed by atoms with van der Waals surface area (Å²) < 4.78 is 0. The van der Waals surface area contributed by atoms with Gasteiger partial charge in [0.05, 0.1) is 23.2 Å². The average Bonchev–Trinajstić information content (AvgIpc) is 2.77. The molecule has 1 fully saturated rings. The summed E-state index contributed by atoms with van der Waals surface area (Å²) in [6.07, 6.45) is 2.19. The van der Waals surface area contributed by atoms with E-state index in [0.29, 0.717) is 12.1 Å². The maximum Gasteiger partial charge on any atom is 0.252 e. The first kappa shape index (κ1) is 19.4. The van der Waals surface area contributed by atoms with Crippen LogP contribution in [0.4, 0.5) is 5.82 Å². The number of benzene rings is 2. The van der Waals surface area contributed by atoms with Crippen molar-refractivity contribution in [2.75, 3.05) is 18.0 Å². The van der Waals surface area contributed by atoms with Crippen molar-refractivity contribution >= 4 is 22.6 Å². The number of rotatable bonds is 5. The van der Waals surface area contributed by atoms with Crippen LogP contribution in [-0.2, 0) is 0 Å². The van der Waals surface area contributed by atoms with Gasteiger partial charge in [0, 0.05) is 18.5 Å². The summed E-state index contributed by atoms with van der Waals surface area (Å²) in [6.45, 7) is 3.46. The molecule has 2 heterocycles. The van der Waals surface area contributed by atoms with Gasteiger partial charge >= 0.3 is 0 Å². The number of aliphatic hydroxyl groups excluding tert-OH is 1. The standard InChI is InChI=1S/C24H27N3O2/c1-2-21(17-9-4-3-5-10-17)26-24(29)20-15-23(27-14-8-11-18(28)16-27)25-22-13-7-6-12-19(20)22/h3-7,9-10,12-13,15,18,21,28H,2,8,11,14,16H2,1H3,(H,26,29). The fourth-order valence-electron chi connectivity index (χ4n) is 4.02. The average molecular weight is 389 g/mol. The summed E-state index contributed by atoms with van der Waals surface area (Å²) in [4.78, 5) is 20.1. The molecule has 5 nitrogen and oxygen atoms in total. The van der Waals surface area contributed by atoms with Crippen LogP contribution in [0.3, 0.4) is 0 Å². The van der Waals surface area contributed by atoms with Crippen LogP contribution < -0.4 is 10.2 Å². The Labute approximate surface area is 171 Å². The molecule has 1 aliphatic heterocycles. The molecule has 1 aliphatic rings. The SMILES string of the molecule is CCC(NC(=O)c1cc(N2CCCC(O)C2)nc2ccccc12)c1ccccc1. The first-order chi connectivity index (χ1) is 14.2. The van der Waals surface area contributed by atoms with Crippen LogP contribution in [0, 0.1) is 0 Å². The molecule has 1 amide bonds. The molecule has 2 aromatic carbocycles. The normalized spacial score (nSPS) is 17.9. The van der Waals surface area contributed by atoms with E-state index in [0.717, 1.165) is 48.1 Å². The third-order valence-corrected chi connectivity index (χ3v) is 5.58. The van der Waals surface area contributed by atoms with Crippen LogP contribution in [0.25, 0.3) is 10.9 Å². The maximum atomic E-state index is 13.3. The maximum absolute atomic E-state index is 13.3. The van der Waals surface area contributed by atoms with Gasteiger partial charge in [-0.05, 0) is 37.0 Å². The smallest absolute Gasteiger partial charge is 0.252 e. The van der Waals surface area contributed by atoms with Crippen molar-refractivity contribution in [3.05, 3.63) is 71.8 Å². The van der Waals surface area contributed by atoms with E-state index < -0.39 is 0 Å². The Morgan fingerprint density at radius 3 is 2.72 bits per heavy atom. The Kier molecular flexibility index (Phi) is 5.76. The Bertz CT molecular complexity index is 990. The lowest BCUT2D eigenvalue weighted by Gasteiger charge is -2.31. The van der Waals surface area contributed by atoms with Crippen LogP contribution in [0.15, 0.2) is 60.7 Å². The molecule has 2 atom stereocenters. The number of amides is 1. The van der Waals surface area contributed by atoms with Crippen molar-refractivity contribution in [2.45, 2.75) is 38.3 Å². The number of fused-ring (bicyclic) bond motifs is 1. The predicted octanol–water partition coefficient (Wildman–Crippen LogP) is 4.08. The Morgan fingerprint density at radius 2 is 1.97 bits per heavy atom. The molecular weight excluding hydrogens is 362 g/mol. The molecule has 0 saturated carbocycles. The molecular formula is C24H27N3O2. The van der Waals surface area contributed by atoms with Gasteiger partial charge < -0.3 is 15.3 Å². The number of carbonyl (C=O) groups is 1. The Morgan fingerprint density at radius 1 is 1.21 bits per heavy atom. The predicted molar refractivity (Wildman–Crippen MR) is 116 cm³/mol. The molecule has 1 saturated heterocycles. The number of nitrogens with zero attached hydrogens (tertiary/aromatic N) is 2. The number of aromatic nitrogens is 1. The minimum atomic E-state index is -0.350. The zero-order valence-corrected chi connectivity index (χ0v) is 16.7. The second kappa shape index (κ2) is 8.62. The first-order valence-electron chi connectivity index (χ1n) is 10.3. The molecule has 2 N–H and O–H groups in total. The molecule has 4 rings (SSSR count). The van der Waals surface area contributed by atoms with E-state index in [1.54, 1.807) is 0 Å². The van der Waals surface area contributed by atoms with Gasteiger partial charge in [0.15, 0.2) is 0 Å². The number of hydrogen-bond acceptors (Lipinski definition) is 4. The van der Waals surface area contributed by atoms with Gasteiger partial charge in [-0.25, -0.2) is 4.98 Å². The van der Waals surface area contributed by atoms with Crippen molar-refractivity contribution in [3.8, 4) is 0 Å². The summed E-state index contributed by atoms with van der Waals surface area (Å²) in [6, 6.07) is 19.6. The van der Waals surface area contributed by atoms with Gasteiger partial charge in [-0.2, -0.15) is 0 Å². The van der Waals surface area contributed by atoms with E-state index in [1.807, 2.05) is 60.7 Å². The molecule has 0 radical (unpaired) electrons. The van der Waals surface area contributed by atoms with Crippen LogP contribution >= 0.6 is 0 Å². The molecule has 2 unspecified atom stereocenters. The summed E-state index contributed by atoms with van der Waals surface area (Å²) in [5.74, 6) is 0.651. The summed E-state index contributed by atoms with van der Waals surface area (Å²) >= 11 is 0. The Hall–Kier alpha value is -2.92. The van der Waals surface area contributed by atoms with E-state index in [2.05, 4.69) is 17.1 Å². The number of carbonyl (C=O) groups excluding carboxylic acids is 1. The number of β-amino-alcohol motifs (C(OH)–C–C–N with tert-alkyl or cyclic N) is 1. The van der Waals surface area contributed by atoms with Crippen molar-refractivity contribution < 1.29 is 9.90 Å². The van der Waals surface area contributed by atoms with Gasteiger partial charge in [0.25, 0.3) is 5.91 Å². The van der Waals surface area contributed by atoms with Gasteiger partial charge in [0.1, 0.15) is 5.82 Å². The minimum Gasteiger partial charge on any atom is -0.391 e. The van der Waals surface area contributed by atoms with Crippen molar-refractivity contribution in [2.24, 2.45) is 0 Å². The van der Waals surface area contributed by atoms with Gasteiger partial charge in [-0.3, -0.25) is 4.79 Å². The fraction of sp³-hybridized carbons (Fsp3) is 0.333. The summed E-state index contributed by atoms with van der Waals surface area (Å²) in [5.41, 5.74) is 2.52. The molecule has 29 heavy (non-hydrogen) atoms. The molecule has 1 aromatic heterocycles. The third-order valence-electron chi connectivity index (χ3n) is 5.58. The number of aliphatic hydroxyl groups is 1. The zero-order chi connectivity index (χ0) is 20.2. The monoisotopic (exact) mass is 389 g/mol. The van der Waals surface area contributed by atoms with Gasteiger partial charge in [-0.15, -0.1) is 0 Å². The lowest BCUT2D eigenvalue weighted by atomic mass is 10.0. The van der Waals surface area contributed by atoms with Crippen molar-refractivity contribution in [3.63, 3.8) is 0 Å². The number of para-hydroxylation sites is 1. The third kappa shape index (κ3) is 4.25. The van der Waals surface area contributed by atoms with E-state index in [1.165, 1.54) is 0 Å². The molecule has 3 aromatic rings. The number of hydrogen-bond donors (Lipinski definition) is 2. The highest BCUT2D eigenvalue weighted by Crippen LogP contribution is 2.26. The number of anilines is 1. The largest absolute Gasteiger partial charge is 0.391 e. The fourth-order valence-corrected chi connectivity index (χ4v) is 4.02. The van der Waals surface area contributed by atoms with Crippen LogP contribution in [0.2, 0.25) is 0 Å². The quantitative estimate of drug-likeness (QED) is 0.690. The number of piperidine rings is 1.